The number of benzene rings is 1. The van der Waals surface area contributed by atoms with E-state index in [0.717, 1.165) is 10.6 Å². The van der Waals surface area contributed by atoms with Gasteiger partial charge in [0.05, 0.1) is 17.2 Å². The summed E-state index contributed by atoms with van der Waals surface area (Å²) in [6, 6.07) is 7.42. The largest absolute Gasteiger partial charge is 0.451 e. The van der Waals surface area contributed by atoms with Crippen LogP contribution in [0.25, 0.3) is 0 Å². The number of thiazole rings is 1. The van der Waals surface area contributed by atoms with Gasteiger partial charge in [0.2, 0.25) is 5.91 Å². The molecule has 1 aromatic carbocycles. The molecule has 0 fully saturated rings. The molecule has 0 saturated carbocycles. The van der Waals surface area contributed by atoms with Gasteiger partial charge in [-0.1, -0.05) is 25.1 Å². The maximum atomic E-state index is 12.5. The van der Waals surface area contributed by atoms with Gasteiger partial charge in [-0.05, 0) is 38.8 Å². The molecule has 8 heteroatoms. The average molecular weight is 404 g/mol. The number of para-hydroxylation sites is 1. The number of nitrogens with one attached hydrogen (secondary N) is 1. The van der Waals surface area contributed by atoms with Crippen LogP contribution in [0.2, 0.25) is 0 Å². The minimum Gasteiger partial charge on any atom is -0.451 e. The van der Waals surface area contributed by atoms with Crippen LogP contribution in [0.4, 0.5) is 5.69 Å². The molecule has 1 N–H and O–H groups in total. The van der Waals surface area contributed by atoms with Crippen molar-refractivity contribution in [1.82, 2.24) is 9.88 Å². The van der Waals surface area contributed by atoms with Gasteiger partial charge in [0.15, 0.2) is 6.61 Å². The highest BCUT2D eigenvalue weighted by molar-refractivity contribution is 7.13. The zero-order chi connectivity index (χ0) is 20.7. The molecule has 0 aliphatic heterocycles. The molecule has 0 atom stereocenters. The van der Waals surface area contributed by atoms with Crippen molar-refractivity contribution in [3.63, 3.8) is 0 Å². The third-order valence-electron chi connectivity index (χ3n) is 4.02. The number of carbonyl (C=O) groups is 3. The van der Waals surface area contributed by atoms with E-state index in [2.05, 4.69) is 10.3 Å². The van der Waals surface area contributed by atoms with Gasteiger partial charge in [-0.3, -0.25) is 9.59 Å². The molecule has 2 amide bonds. The van der Waals surface area contributed by atoms with Crippen molar-refractivity contribution in [2.45, 2.75) is 34.1 Å². The van der Waals surface area contributed by atoms with Gasteiger partial charge >= 0.3 is 5.97 Å². The van der Waals surface area contributed by atoms with Crippen LogP contribution in [0.5, 0.6) is 0 Å². The monoisotopic (exact) mass is 403 g/mol. The number of amides is 2. The van der Waals surface area contributed by atoms with Crippen LogP contribution in [0.15, 0.2) is 24.3 Å². The van der Waals surface area contributed by atoms with Gasteiger partial charge in [0.1, 0.15) is 4.88 Å². The summed E-state index contributed by atoms with van der Waals surface area (Å²) in [7, 11) is 0. The Morgan fingerprint density at radius 3 is 2.50 bits per heavy atom. The molecule has 2 aromatic rings. The number of nitrogens with zero attached hydrogens (tertiary/aromatic N) is 2. The molecule has 0 saturated heterocycles. The van der Waals surface area contributed by atoms with Crippen LogP contribution in [-0.4, -0.2) is 47.4 Å². The first-order valence-electron chi connectivity index (χ1n) is 9.06. The van der Waals surface area contributed by atoms with Crippen LogP contribution in [0, 0.1) is 20.8 Å². The summed E-state index contributed by atoms with van der Waals surface area (Å²) >= 11 is 1.23. The molecule has 28 heavy (non-hydrogen) atoms. The van der Waals surface area contributed by atoms with Crippen molar-refractivity contribution in [3.05, 3.63) is 45.4 Å². The minimum absolute atomic E-state index is 0.0999. The van der Waals surface area contributed by atoms with E-state index in [9.17, 15) is 14.4 Å². The zero-order valence-corrected chi connectivity index (χ0v) is 17.4. The SMILES string of the molecule is CCCN(CC(=O)Nc1ccccc1C)C(=O)COC(=O)c1sc(C)nc1C. The number of rotatable bonds is 8. The first kappa shape index (κ1) is 21.6. The normalized spacial score (nSPS) is 10.4. The van der Waals surface area contributed by atoms with E-state index in [1.165, 1.54) is 16.2 Å². The Hall–Kier alpha value is -2.74. The van der Waals surface area contributed by atoms with Crippen LogP contribution in [-0.2, 0) is 14.3 Å². The molecule has 7 nitrogen and oxygen atoms in total. The number of aryl methyl sites for hydroxylation is 3. The molecule has 0 bridgehead atoms. The first-order valence-corrected chi connectivity index (χ1v) is 9.87. The Kier molecular flexibility index (Phi) is 7.69. The van der Waals surface area contributed by atoms with Gasteiger partial charge in [-0.25, -0.2) is 9.78 Å². The van der Waals surface area contributed by atoms with Crippen molar-refractivity contribution in [2.75, 3.05) is 25.0 Å². The Morgan fingerprint density at radius 2 is 1.89 bits per heavy atom. The van der Waals surface area contributed by atoms with Crippen LogP contribution < -0.4 is 5.32 Å². The Balaban J connectivity index is 1.93. The second-order valence-corrected chi connectivity index (χ2v) is 7.61. The summed E-state index contributed by atoms with van der Waals surface area (Å²) in [5.74, 6) is -1.28. The molecule has 0 aliphatic carbocycles. The summed E-state index contributed by atoms with van der Waals surface area (Å²) in [6.45, 7) is 7.22. The van der Waals surface area contributed by atoms with Crippen LogP contribution >= 0.6 is 11.3 Å². The fraction of sp³-hybridized carbons (Fsp3) is 0.400. The Bertz CT molecular complexity index is 863. The standard InChI is InChI=1S/C20H25N3O4S/c1-5-10-23(11-17(24)22-16-9-7-6-8-13(16)2)18(25)12-27-20(26)19-14(3)21-15(4)28-19/h6-9H,5,10-12H2,1-4H3,(H,22,24). The van der Waals surface area contributed by atoms with E-state index in [1.807, 2.05) is 32.0 Å². The van der Waals surface area contributed by atoms with E-state index in [4.69, 9.17) is 4.74 Å². The fourth-order valence-corrected chi connectivity index (χ4v) is 3.46. The second-order valence-electron chi connectivity index (χ2n) is 6.40. The lowest BCUT2D eigenvalue weighted by Gasteiger charge is -2.21. The molecule has 0 spiro atoms. The van der Waals surface area contributed by atoms with Crippen LogP contribution in [0.3, 0.4) is 0 Å². The predicted molar refractivity (Wildman–Crippen MR) is 109 cm³/mol. The molecular formula is C20H25N3O4S. The molecule has 1 aromatic heterocycles. The maximum Gasteiger partial charge on any atom is 0.350 e. The number of aromatic nitrogens is 1. The molecule has 150 valence electrons. The van der Waals surface area contributed by atoms with Crippen LogP contribution in [0.1, 0.15) is 39.3 Å². The van der Waals surface area contributed by atoms with E-state index < -0.39 is 18.5 Å². The van der Waals surface area contributed by atoms with Crippen molar-refractivity contribution >= 4 is 34.8 Å². The summed E-state index contributed by atoms with van der Waals surface area (Å²) in [5.41, 5.74) is 2.23. The maximum absolute atomic E-state index is 12.5. The third kappa shape index (κ3) is 5.88. The molecule has 1 heterocycles. The highest BCUT2D eigenvalue weighted by atomic mass is 32.1. The predicted octanol–water partition coefficient (Wildman–Crippen LogP) is 3.10. The zero-order valence-electron chi connectivity index (χ0n) is 16.6. The Labute approximate surface area is 168 Å². The molecular weight excluding hydrogens is 378 g/mol. The number of ether oxygens (including phenoxy) is 1. The van der Waals surface area contributed by atoms with E-state index in [1.54, 1.807) is 19.9 Å². The number of hydrogen-bond acceptors (Lipinski definition) is 6. The molecule has 2 rings (SSSR count). The number of esters is 1. The number of carbonyl (C=O) groups excluding carboxylic acids is 3. The van der Waals surface area contributed by atoms with Gasteiger partial charge in [0, 0.05) is 12.2 Å². The fourth-order valence-electron chi connectivity index (χ4n) is 2.64. The molecule has 0 unspecified atom stereocenters. The van der Waals surface area contributed by atoms with E-state index >= 15 is 0 Å². The first-order chi connectivity index (χ1) is 13.3. The Morgan fingerprint density at radius 1 is 1.18 bits per heavy atom. The quantitative estimate of drug-likeness (QED) is 0.684. The summed E-state index contributed by atoms with van der Waals surface area (Å²) < 4.78 is 5.14. The van der Waals surface area contributed by atoms with Gasteiger partial charge in [0.25, 0.3) is 5.91 Å². The molecule has 0 radical (unpaired) electrons. The van der Waals surface area contributed by atoms with Crippen molar-refractivity contribution < 1.29 is 19.1 Å². The van der Waals surface area contributed by atoms with Gasteiger partial charge < -0.3 is 15.0 Å². The van der Waals surface area contributed by atoms with E-state index in [0.29, 0.717) is 29.2 Å². The average Bonchev–Trinajstić information content (AvgIpc) is 2.99. The van der Waals surface area contributed by atoms with Gasteiger partial charge in [-0.2, -0.15) is 0 Å². The summed E-state index contributed by atoms with van der Waals surface area (Å²) in [6.07, 6.45) is 0.685. The molecule has 0 aliphatic rings. The third-order valence-corrected chi connectivity index (χ3v) is 5.07. The van der Waals surface area contributed by atoms with Crippen molar-refractivity contribution in [3.8, 4) is 0 Å². The number of hydrogen-bond donors (Lipinski definition) is 1. The summed E-state index contributed by atoms with van der Waals surface area (Å²) in [4.78, 5) is 42.9. The van der Waals surface area contributed by atoms with Gasteiger partial charge in [-0.15, -0.1) is 11.3 Å². The highest BCUT2D eigenvalue weighted by Crippen LogP contribution is 2.18. The lowest BCUT2D eigenvalue weighted by molar-refractivity contribution is -0.137. The summed E-state index contributed by atoms with van der Waals surface area (Å²) in [5, 5.41) is 3.57. The van der Waals surface area contributed by atoms with Crippen molar-refractivity contribution in [2.24, 2.45) is 0 Å². The van der Waals surface area contributed by atoms with E-state index in [-0.39, 0.29) is 12.5 Å². The second kappa shape index (κ2) is 9.98. The minimum atomic E-state index is -0.572. The van der Waals surface area contributed by atoms with Crippen molar-refractivity contribution in [1.29, 1.82) is 0 Å². The topological polar surface area (TPSA) is 88.6 Å². The smallest absolute Gasteiger partial charge is 0.350 e. The lowest BCUT2D eigenvalue weighted by atomic mass is 10.2. The lowest BCUT2D eigenvalue weighted by Crippen LogP contribution is -2.40. The number of anilines is 1. The highest BCUT2D eigenvalue weighted by Gasteiger charge is 2.21.